The quantitative estimate of drug-likeness (QED) is 0.943. The average Bonchev–Trinajstić information content (AvgIpc) is 2.66. The van der Waals surface area contributed by atoms with Crippen molar-refractivity contribution in [3.8, 4) is 11.5 Å². The van der Waals surface area contributed by atoms with Gasteiger partial charge in [0, 0.05) is 11.1 Å². The number of ketones is 1. The zero-order valence-corrected chi connectivity index (χ0v) is 11.9. The predicted octanol–water partition coefficient (Wildman–Crippen LogP) is 2.66. The number of fused-ring (bicyclic) bond motifs is 2. The molecule has 0 aliphatic carbocycles. The lowest BCUT2D eigenvalue weighted by molar-refractivity contribution is -0.144. The van der Waals surface area contributed by atoms with E-state index >= 15 is 0 Å². The van der Waals surface area contributed by atoms with Crippen LogP contribution in [-0.2, 0) is 11.4 Å². The van der Waals surface area contributed by atoms with Gasteiger partial charge in [0.25, 0.3) is 0 Å². The molecule has 0 saturated heterocycles. The molecule has 1 heterocycles. The van der Waals surface area contributed by atoms with E-state index in [4.69, 9.17) is 14.6 Å². The van der Waals surface area contributed by atoms with Crippen molar-refractivity contribution < 1.29 is 24.2 Å². The molecule has 5 heteroatoms. The van der Waals surface area contributed by atoms with E-state index in [9.17, 15) is 9.59 Å². The molecule has 0 fully saturated rings. The molecule has 0 aromatic heterocycles. The third kappa shape index (κ3) is 2.41. The van der Waals surface area contributed by atoms with E-state index in [2.05, 4.69) is 0 Å². The molecule has 1 unspecified atom stereocenters. The van der Waals surface area contributed by atoms with Gasteiger partial charge < -0.3 is 14.6 Å². The fourth-order valence-electron chi connectivity index (χ4n) is 2.35. The molecule has 1 N–H and O–H groups in total. The Morgan fingerprint density at radius 2 is 2.00 bits per heavy atom. The minimum absolute atomic E-state index is 0.217. The van der Waals surface area contributed by atoms with E-state index in [1.165, 1.54) is 6.92 Å². The molecule has 112 valence electrons. The molecule has 2 aromatic rings. The predicted molar refractivity (Wildman–Crippen MR) is 78.4 cm³/mol. The van der Waals surface area contributed by atoms with Gasteiger partial charge in [0.2, 0.25) is 5.78 Å². The summed E-state index contributed by atoms with van der Waals surface area (Å²) >= 11 is 0. The first kappa shape index (κ1) is 14.1. The van der Waals surface area contributed by atoms with Gasteiger partial charge in [-0.1, -0.05) is 30.3 Å². The molecule has 1 aliphatic rings. The minimum atomic E-state index is -1.10. The lowest BCUT2D eigenvalue weighted by atomic mass is 9.98. The summed E-state index contributed by atoms with van der Waals surface area (Å²) in [6.07, 6.45) is -1.06. The van der Waals surface area contributed by atoms with Crippen LogP contribution in [0.15, 0.2) is 42.5 Å². The lowest BCUT2D eigenvalue weighted by Gasteiger charge is -2.15. The van der Waals surface area contributed by atoms with Gasteiger partial charge in [-0.25, -0.2) is 4.79 Å². The SMILES string of the molecule is CC(Oc1cccc2c1C(=O)c1ccccc1CO2)C(=O)O. The van der Waals surface area contributed by atoms with E-state index in [0.717, 1.165) is 5.56 Å². The van der Waals surface area contributed by atoms with Crippen molar-refractivity contribution >= 4 is 11.8 Å². The number of rotatable bonds is 3. The van der Waals surface area contributed by atoms with Crippen LogP contribution in [0, 0.1) is 0 Å². The van der Waals surface area contributed by atoms with Crippen LogP contribution in [0.5, 0.6) is 11.5 Å². The standard InChI is InChI=1S/C17H14O5/c1-10(17(19)20)22-14-8-4-7-13-15(14)16(18)12-6-3-2-5-11(12)9-21-13/h2-8,10H,9H2,1H3,(H,19,20). The Kier molecular flexibility index (Phi) is 3.55. The maximum Gasteiger partial charge on any atom is 0.344 e. The Morgan fingerprint density at radius 3 is 2.77 bits per heavy atom. The van der Waals surface area contributed by atoms with E-state index in [1.807, 2.05) is 12.1 Å². The molecule has 2 aromatic carbocycles. The fourth-order valence-corrected chi connectivity index (χ4v) is 2.35. The molecule has 22 heavy (non-hydrogen) atoms. The highest BCUT2D eigenvalue weighted by Crippen LogP contribution is 2.35. The molecule has 1 atom stereocenters. The van der Waals surface area contributed by atoms with Crippen molar-refractivity contribution in [2.75, 3.05) is 0 Å². The van der Waals surface area contributed by atoms with Crippen LogP contribution in [0.4, 0.5) is 0 Å². The van der Waals surface area contributed by atoms with Gasteiger partial charge in [-0.15, -0.1) is 0 Å². The number of benzene rings is 2. The van der Waals surface area contributed by atoms with Crippen LogP contribution in [0.25, 0.3) is 0 Å². The van der Waals surface area contributed by atoms with Crippen LogP contribution in [-0.4, -0.2) is 23.0 Å². The number of ether oxygens (including phenoxy) is 2. The highest BCUT2D eigenvalue weighted by molar-refractivity contribution is 6.13. The Bertz CT molecular complexity index is 750. The number of hydrogen-bond acceptors (Lipinski definition) is 4. The maximum absolute atomic E-state index is 12.8. The van der Waals surface area contributed by atoms with Crippen molar-refractivity contribution in [2.45, 2.75) is 19.6 Å². The third-order valence-corrected chi connectivity index (χ3v) is 3.51. The van der Waals surface area contributed by atoms with E-state index < -0.39 is 12.1 Å². The van der Waals surface area contributed by atoms with Crippen LogP contribution in [0.1, 0.15) is 28.4 Å². The molecule has 0 spiro atoms. The number of carboxylic acid groups (broad SMARTS) is 1. The monoisotopic (exact) mass is 298 g/mol. The van der Waals surface area contributed by atoms with E-state index in [1.54, 1.807) is 30.3 Å². The molecular formula is C17H14O5. The molecule has 0 saturated carbocycles. The third-order valence-electron chi connectivity index (χ3n) is 3.51. The molecule has 1 aliphatic heterocycles. The molecule has 5 nitrogen and oxygen atoms in total. The number of carbonyl (C=O) groups excluding carboxylic acids is 1. The van der Waals surface area contributed by atoms with Gasteiger partial charge in [-0.3, -0.25) is 4.79 Å². The number of aliphatic carboxylic acids is 1. The summed E-state index contributed by atoms with van der Waals surface area (Å²) in [6.45, 7) is 1.70. The summed E-state index contributed by atoms with van der Waals surface area (Å²) < 4.78 is 11.1. The van der Waals surface area contributed by atoms with Crippen molar-refractivity contribution in [1.82, 2.24) is 0 Å². The zero-order valence-electron chi connectivity index (χ0n) is 11.9. The first-order valence-corrected chi connectivity index (χ1v) is 6.86. The first-order valence-electron chi connectivity index (χ1n) is 6.86. The van der Waals surface area contributed by atoms with E-state index in [-0.39, 0.29) is 23.7 Å². The van der Waals surface area contributed by atoms with Crippen LogP contribution in [0.3, 0.4) is 0 Å². The first-order chi connectivity index (χ1) is 10.6. The van der Waals surface area contributed by atoms with Gasteiger partial charge in [0.1, 0.15) is 23.7 Å². The summed E-state index contributed by atoms with van der Waals surface area (Å²) in [6, 6.07) is 12.1. The largest absolute Gasteiger partial charge is 0.488 e. The molecular weight excluding hydrogens is 284 g/mol. The minimum Gasteiger partial charge on any atom is -0.488 e. The number of carbonyl (C=O) groups is 2. The second-order valence-electron chi connectivity index (χ2n) is 5.00. The van der Waals surface area contributed by atoms with Crippen LogP contribution < -0.4 is 9.47 Å². The van der Waals surface area contributed by atoms with Crippen molar-refractivity contribution in [1.29, 1.82) is 0 Å². The topological polar surface area (TPSA) is 72.8 Å². The van der Waals surface area contributed by atoms with Gasteiger partial charge >= 0.3 is 5.97 Å². The zero-order chi connectivity index (χ0) is 15.7. The van der Waals surface area contributed by atoms with Gasteiger partial charge in [-0.2, -0.15) is 0 Å². The number of hydrogen-bond donors (Lipinski definition) is 1. The fraction of sp³-hybridized carbons (Fsp3) is 0.176. The summed E-state index contributed by atoms with van der Waals surface area (Å²) in [5.41, 5.74) is 1.60. The van der Waals surface area contributed by atoms with Crippen molar-refractivity contribution in [2.24, 2.45) is 0 Å². The van der Waals surface area contributed by atoms with Crippen LogP contribution >= 0.6 is 0 Å². The normalized spacial score (nSPS) is 14.1. The van der Waals surface area contributed by atoms with E-state index in [0.29, 0.717) is 11.3 Å². The average molecular weight is 298 g/mol. The highest BCUT2D eigenvalue weighted by Gasteiger charge is 2.27. The second kappa shape index (κ2) is 5.52. The van der Waals surface area contributed by atoms with Crippen LogP contribution in [0.2, 0.25) is 0 Å². The molecule has 0 radical (unpaired) electrons. The highest BCUT2D eigenvalue weighted by atomic mass is 16.5. The molecule has 3 rings (SSSR count). The smallest absolute Gasteiger partial charge is 0.344 e. The number of carboxylic acids is 1. The summed E-state index contributed by atoms with van der Waals surface area (Å²) in [4.78, 5) is 23.8. The summed E-state index contributed by atoms with van der Waals surface area (Å²) in [7, 11) is 0. The molecule has 0 amide bonds. The molecule has 0 bridgehead atoms. The Balaban J connectivity index is 2.09. The lowest BCUT2D eigenvalue weighted by Crippen LogP contribution is -2.24. The van der Waals surface area contributed by atoms with Crippen molar-refractivity contribution in [3.05, 3.63) is 59.2 Å². The van der Waals surface area contributed by atoms with Gasteiger partial charge in [-0.05, 0) is 19.1 Å². The van der Waals surface area contributed by atoms with Gasteiger partial charge in [0.15, 0.2) is 6.10 Å². The van der Waals surface area contributed by atoms with Gasteiger partial charge in [0.05, 0.1) is 0 Å². The summed E-state index contributed by atoms with van der Waals surface area (Å²) in [5, 5.41) is 8.99. The second-order valence-corrected chi connectivity index (χ2v) is 5.00. The summed E-state index contributed by atoms with van der Waals surface area (Å²) in [5.74, 6) is -0.707. The Labute approximate surface area is 127 Å². The maximum atomic E-state index is 12.8. The Morgan fingerprint density at radius 1 is 1.23 bits per heavy atom. The van der Waals surface area contributed by atoms with Crippen molar-refractivity contribution in [3.63, 3.8) is 0 Å². The Hall–Kier alpha value is -2.82.